The fourth-order valence-corrected chi connectivity index (χ4v) is 2.00. The van der Waals surface area contributed by atoms with Crippen LogP contribution in [0.1, 0.15) is 0 Å². The number of rotatable bonds is 3. The Morgan fingerprint density at radius 3 is 2.55 bits per heavy atom. The van der Waals surface area contributed by atoms with E-state index in [-0.39, 0.29) is 20.3 Å². The van der Waals surface area contributed by atoms with E-state index in [1.54, 1.807) is 0 Å². The monoisotopic (exact) mass is 216 g/mol. The predicted octanol–water partition coefficient (Wildman–Crippen LogP) is 0.519. The van der Waals surface area contributed by atoms with Crippen molar-refractivity contribution in [1.29, 1.82) is 0 Å². The van der Waals surface area contributed by atoms with Crippen LogP contribution in [0, 0.1) is 0 Å². The van der Waals surface area contributed by atoms with Crippen molar-refractivity contribution in [2.24, 2.45) is 0 Å². The Kier molecular flexibility index (Phi) is 3.14. The van der Waals surface area contributed by atoms with Gasteiger partial charge < -0.3 is 0 Å². The molecule has 1 aromatic rings. The van der Waals surface area contributed by atoms with Crippen LogP contribution in [0.25, 0.3) is 0 Å². The second-order valence-corrected chi connectivity index (χ2v) is 4.20. The van der Waals surface area contributed by atoms with Crippen molar-refractivity contribution in [3.05, 3.63) is 30.3 Å². The second-order valence-electron chi connectivity index (χ2n) is 2.00. The van der Waals surface area contributed by atoms with Gasteiger partial charge in [0.1, 0.15) is 0 Å². The summed E-state index contributed by atoms with van der Waals surface area (Å²) in [6, 6.07) is 9.71. The molecular weight excluding hydrogens is 207 g/mol. The van der Waals surface area contributed by atoms with Crippen LogP contribution in [0.15, 0.2) is 30.3 Å². The molecule has 1 aromatic carbocycles. The predicted molar refractivity (Wildman–Crippen MR) is 44.3 cm³/mol. The van der Waals surface area contributed by atoms with Crippen LogP contribution in [0.4, 0.5) is 0 Å². The van der Waals surface area contributed by atoms with Crippen molar-refractivity contribution < 1.29 is 9.90 Å². The molecule has 11 heavy (non-hydrogen) atoms. The van der Waals surface area contributed by atoms with Gasteiger partial charge in [0, 0.05) is 0 Å². The van der Waals surface area contributed by atoms with E-state index in [4.69, 9.17) is 5.11 Å². The topological polar surface area (TPSA) is 37.3 Å². The first-order valence-electron chi connectivity index (χ1n) is 3.18. The first-order valence-corrected chi connectivity index (χ1v) is 5.25. The summed E-state index contributed by atoms with van der Waals surface area (Å²) in [5.74, 6) is -0.714. The molecule has 0 aromatic heterocycles. The summed E-state index contributed by atoms with van der Waals surface area (Å²) in [5, 5.41) is 8.67. The number of benzene rings is 1. The molecule has 3 heteroatoms. The average molecular weight is 215 g/mol. The van der Waals surface area contributed by atoms with E-state index >= 15 is 0 Å². The van der Waals surface area contributed by atoms with Crippen LogP contribution < -0.4 is 4.46 Å². The molecule has 0 aliphatic rings. The summed E-state index contributed by atoms with van der Waals surface area (Å²) in [7, 11) is 0. The van der Waals surface area contributed by atoms with Gasteiger partial charge in [0.15, 0.2) is 0 Å². The van der Waals surface area contributed by atoms with Gasteiger partial charge in [0.2, 0.25) is 0 Å². The minimum absolute atomic E-state index is 0.0904. The number of carboxylic acid groups (broad SMARTS) is 1. The van der Waals surface area contributed by atoms with Crippen molar-refractivity contribution in [1.82, 2.24) is 0 Å². The van der Waals surface area contributed by atoms with Crippen LogP contribution in [-0.4, -0.2) is 26.0 Å². The Bertz CT molecular complexity index is 233. The number of aliphatic carboxylic acids is 1. The zero-order chi connectivity index (χ0) is 8.10. The summed E-state index contributed by atoms with van der Waals surface area (Å²) in [6.45, 7) is 0. The zero-order valence-electron chi connectivity index (χ0n) is 5.86. The van der Waals surface area contributed by atoms with Gasteiger partial charge >= 0.3 is 70.9 Å². The van der Waals surface area contributed by atoms with Crippen molar-refractivity contribution >= 4 is 25.4 Å². The second kappa shape index (κ2) is 4.16. The molecule has 0 amide bonds. The molecule has 0 unspecified atom stereocenters. The number of hydrogen-bond donors (Lipinski definition) is 1. The normalized spacial score (nSPS) is 9.45. The molecule has 0 heterocycles. The van der Waals surface area contributed by atoms with E-state index in [1.807, 2.05) is 30.3 Å². The Balaban J connectivity index is 2.45. The van der Waals surface area contributed by atoms with E-state index in [1.165, 1.54) is 0 Å². The molecule has 0 aliphatic carbocycles. The van der Waals surface area contributed by atoms with Crippen LogP contribution in [-0.2, 0) is 4.79 Å². The fraction of sp³-hybridized carbons (Fsp3) is 0.125. The van der Waals surface area contributed by atoms with Crippen LogP contribution >= 0.6 is 0 Å². The Morgan fingerprint density at radius 2 is 2.00 bits per heavy atom. The Hall–Kier alpha value is -0.791. The first-order chi connectivity index (χ1) is 5.29. The maximum atomic E-state index is 10.2. The van der Waals surface area contributed by atoms with Gasteiger partial charge in [-0.25, -0.2) is 0 Å². The van der Waals surface area contributed by atoms with Gasteiger partial charge in [-0.05, 0) is 0 Å². The molecule has 0 saturated heterocycles. The maximum absolute atomic E-state index is 10.2. The van der Waals surface area contributed by atoms with E-state index in [2.05, 4.69) is 0 Å². The van der Waals surface area contributed by atoms with Gasteiger partial charge in [0.25, 0.3) is 0 Å². The third-order valence-corrected chi connectivity index (χ3v) is 3.20. The molecular formula is C8H8O2Se. The summed E-state index contributed by atoms with van der Waals surface area (Å²) in [4.78, 5) is 10.2. The number of carboxylic acids is 1. The molecule has 0 spiro atoms. The fourth-order valence-electron chi connectivity index (χ4n) is 0.662. The number of carbonyl (C=O) groups is 1. The third kappa shape index (κ3) is 3.21. The summed E-state index contributed by atoms with van der Waals surface area (Å²) >= 11 is 0.0904. The molecule has 2 nitrogen and oxygen atoms in total. The SMILES string of the molecule is O=C(O)C[Se]c1ccccc1. The van der Waals surface area contributed by atoms with Crippen LogP contribution in [0.5, 0.6) is 0 Å². The molecule has 0 aliphatic heterocycles. The van der Waals surface area contributed by atoms with Gasteiger partial charge in [0.05, 0.1) is 0 Å². The Labute approximate surface area is 71.4 Å². The van der Waals surface area contributed by atoms with Gasteiger partial charge in [-0.15, -0.1) is 0 Å². The van der Waals surface area contributed by atoms with E-state index in [0.717, 1.165) is 4.46 Å². The first kappa shape index (κ1) is 8.31. The summed E-state index contributed by atoms with van der Waals surface area (Å²) in [6.07, 6.45) is 0. The van der Waals surface area contributed by atoms with E-state index in [0.29, 0.717) is 0 Å². The zero-order valence-corrected chi connectivity index (χ0v) is 7.57. The molecule has 58 valence electrons. The molecule has 0 fully saturated rings. The van der Waals surface area contributed by atoms with Gasteiger partial charge in [-0.1, -0.05) is 0 Å². The van der Waals surface area contributed by atoms with Crippen molar-refractivity contribution in [2.45, 2.75) is 5.32 Å². The minimum atomic E-state index is -0.714. The van der Waals surface area contributed by atoms with Gasteiger partial charge in [-0.3, -0.25) is 0 Å². The third-order valence-electron chi connectivity index (χ3n) is 1.11. The van der Waals surface area contributed by atoms with Crippen LogP contribution in [0.2, 0.25) is 5.32 Å². The summed E-state index contributed by atoms with van der Waals surface area (Å²) < 4.78 is 1.14. The molecule has 0 saturated carbocycles. The molecule has 1 rings (SSSR count). The quantitative estimate of drug-likeness (QED) is 0.746. The molecule has 0 bridgehead atoms. The molecule has 1 N–H and O–H groups in total. The van der Waals surface area contributed by atoms with Gasteiger partial charge in [-0.2, -0.15) is 0 Å². The van der Waals surface area contributed by atoms with Crippen molar-refractivity contribution in [2.75, 3.05) is 0 Å². The summed E-state index contributed by atoms with van der Waals surface area (Å²) in [5.41, 5.74) is 0. The molecule has 0 atom stereocenters. The van der Waals surface area contributed by atoms with Crippen molar-refractivity contribution in [3.8, 4) is 0 Å². The average Bonchev–Trinajstić information content (AvgIpc) is 2.03. The van der Waals surface area contributed by atoms with E-state index in [9.17, 15) is 4.79 Å². The molecule has 0 radical (unpaired) electrons. The van der Waals surface area contributed by atoms with Crippen molar-refractivity contribution in [3.63, 3.8) is 0 Å². The van der Waals surface area contributed by atoms with Crippen LogP contribution in [0.3, 0.4) is 0 Å². The standard InChI is InChI=1S/C8H8O2Se/c9-8(10)6-11-7-4-2-1-3-5-7/h1-5H,6H2,(H,9,10). The van der Waals surface area contributed by atoms with E-state index < -0.39 is 5.97 Å². The number of hydrogen-bond acceptors (Lipinski definition) is 1. The Morgan fingerprint density at radius 1 is 1.36 bits per heavy atom.